The van der Waals surface area contributed by atoms with Crippen LogP contribution in [-0.4, -0.2) is 34.8 Å². The molecule has 2 heterocycles. The number of fused-ring (bicyclic) bond motifs is 1. The predicted octanol–water partition coefficient (Wildman–Crippen LogP) is 1.58. The minimum Gasteiger partial charge on any atom is -0.352 e. The first kappa shape index (κ1) is 19.6. The first-order chi connectivity index (χ1) is 12.6. The smallest absolute Gasteiger partial charge is 0.325 e. The number of benzene rings is 1. The molecule has 146 valence electrons. The molecule has 1 aromatic rings. The Bertz CT molecular complexity index is 761. The van der Waals surface area contributed by atoms with Gasteiger partial charge in [-0.2, -0.15) is 0 Å². The second-order valence-corrected chi connectivity index (χ2v) is 7.41. The molecule has 0 bridgehead atoms. The number of nitrogens with one attached hydrogen (secondary N) is 3. The summed E-state index contributed by atoms with van der Waals surface area (Å²) in [6.07, 6.45) is 3.44. The largest absolute Gasteiger partial charge is 0.352 e. The number of rotatable bonds is 5. The Kier molecular flexibility index (Phi) is 5.72. The van der Waals surface area contributed by atoms with Gasteiger partial charge in [0.05, 0.1) is 0 Å². The normalized spacial score (nSPS) is 19.8. The number of carbonyl (C=O) groups is 3. The van der Waals surface area contributed by atoms with Crippen LogP contribution < -0.4 is 16.0 Å². The van der Waals surface area contributed by atoms with Gasteiger partial charge in [0.2, 0.25) is 5.91 Å². The van der Waals surface area contributed by atoms with Crippen molar-refractivity contribution in [2.24, 2.45) is 0 Å². The molecule has 3 N–H and O–H groups in total. The van der Waals surface area contributed by atoms with E-state index in [1.807, 2.05) is 6.07 Å². The van der Waals surface area contributed by atoms with E-state index in [1.54, 1.807) is 0 Å². The zero-order valence-corrected chi connectivity index (χ0v) is 16.0. The van der Waals surface area contributed by atoms with Gasteiger partial charge in [-0.25, -0.2) is 4.79 Å². The highest BCUT2D eigenvalue weighted by atomic mass is 35.5. The first-order valence-corrected chi connectivity index (χ1v) is 9.30. The molecular weight excluding hydrogens is 368 g/mol. The van der Waals surface area contributed by atoms with Crippen molar-refractivity contribution in [3.63, 3.8) is 0 Å². The van der Waals surface area contributed by atoms with Crippen LogP contribution in [0.2, 0.25) is 0 Å². The van der Waals surface area contributed by atoms with Crippen LogP contribution in [0.25, 0.3) is 0 Å². The maximum atomic E-state index is 12.5. The van der Waals surface area contributed by atoms with Crippen LogP contribution in [0.3, 0.4) is 0 Å². The molecule has 0 unspecified atom stereocenters. The number of amides is 4. The van der Waals surface area contributed by atoms with Gasteiger partial charge in [-0.1, -0.05) is 31.0 Å². The number of hydrogen-bond donors (Lipinski definition) is 3. The van der Waals surface area contributed by atoms with Crippen molar-refractivity contribution in [3.8, 4) is 0 Å². The van der Waals surface area contributed by atoms with Gasteiger partial charge in [0.15, 0.2) is 0 Å². The van der Waals surface area contributed by atoms with Gasteiger partial charge >= 0.3 is 6.03 Å². The third-order valence-electron chi connectivity index (χ3n) is 5.66. The Balaban J connectivity index is 0.00000210. The summed E-state index contributed by atoms with van der Waals surface area (Å²) >= 11 is 0. The summed E-state index contributed by atoms with van der Waals surface area (Å²) in [5, 5.41) is 9.01. The highest BCUT2D eigenvalue weighted by Gasteiger charge is 2.52. The summed E-state index contributed by atoms with van der Waals surface area (Å²) in [6, 6.07) is 5.85. The molecule has 4 rings (SSSR count). The predicted molar refractivity (Wildman–Crippen MR) is 102 cm³/mol. The van der Waals surface area contributed by atoms with E-state index in [-0.39, 0.29) is 43.2 Å². The third-order valence-corrected chi connectivity index (χ3v) is 5.66. The molecular formula is C19H25ClN4O3. The van der Waals surface area contributed by atoms with Gasteiger partial charge in [-0.3, -0.25) is 14.5 Å². The number of imide groups is 1. The monoisotopic (exact) mass is 392 g/mol. The van der Waals surface area contributed by atoms with Crippen molar-refractivity contribution >= 4 is 30.3 Å². The van der Waals surface area contributed by atoms with Gasteiger partial charge in [-0.15, -0.1) is 12.4 Å². The maximum Gasteiger partial charge on any atom is 0.325 e. The van der Waals surface area contributed by atoms with Crippen molar-refractivity contribution in [1.82, 2.24) is 20.9 Å². The fourth-order valence-corrected chi connectivity index (χ4v) is 4.16. The second kappa shape index (κ2) is 7.86. The number of nitrogens with zero attached hydrogens (tertiary/aromatic N) is 1. The lowest BCUT2D eigenvalue weighted by Gasteiger charge is -2.19. The van der Waals surface area contributed by atoms with E-state index in [1.165, 1.54) is 16.0 Å². The number of hydrogen-bond acceptors (Lipinski definition) is 4. The van der Waals surface area contributed by atoms with E-state index in [9.17, 15) is 14.4 Å². The van der Waals surface area contributed by atoms with Crippen molar-refractivity contribution in [1.29, 1.82) is 0 Å². The van der Waals surface area contributed by atoms with Crippen molar-refractivity contribution in [2.75, 3.05) is 6.54 Å². The highest BCUT2D eigenvalue weighted by molar-refractivity contribution is 6.07. The van der Waals surface area contributed by atoms with Crippen LogP contribution in [0.4, 0.5) is 4.79 Å². The molecule has 0 atom stereocenters. The van der Waals surface area contributed by atoms with E-state index in [4.69, 9.17) is 0 Å². The molecule has 2 fully saturated rings. The molecule has 8 heteroatoms. The quantitative estimate of drug-likeness (QED) is 0.663. The molecule has 1 saturated carbocycles. The summed E-state index contributed by atoms with van der Waals surface area (Å²) in [4.78, 5) is 38.0. The van der Waals surface area contributed by atoms with Crippen molar-refractivity contribution < 1.29 is 14.4 Å². The summed E-state index contributed by atoms with van der Waals surface area (Å²) < 4.78 is 0. The van der Waals surface area contributed by atoms with Crippen LogP contribution in [0.1, 0.15) is 48.8 Å². The summed E-state index contributed by atoms with van der Waals surface area (Å²) in [6.45, 7) is 2.35. The topological polar surface area (TPSA) is 90.5 Å². The molecule has 1 spiro atoms. The van der Waals surface area contributed by atoms with Crippen molar-refractivity contribution in [3.05, 3.63) is 34.9 Å². The molecule has 1 aliphatic carbocycles. The van der Waals surface area contributed by atoms with Gasteiger partial charge in [0.25, 0.3) is 5.91 Å². The molecule has 0 aromatic heterocycles. The minimum atomic E-state index is -0.702. The number of halogens is 1. The SMILES string of the molecule is Cl.O=C(CCN1C(=O)NC2(CCCC2)C1=O)NCc1ccc2c(c1)CNC2. The van der Waals surface area contributed by atoms with Gasteiger partial charge in [0, 0.05) is 32.6 Å². The third kappa shape index (κ3) is 3.80. The maximum absolute atomic E-state index is 12.5. The Hall–Kier alpha value is -2.12. The molecule has 27 heavy (non-hydrogen) atoms. The van der Waals surface area contributed by atoms with Crippen LogP contribution >= 0.6 is 12.4 Å². The fraction of sp³-hybridized carbons (Fsp3) is 0.526. The van der Waals surface area contributed by atoms with Gasteiger partial charge in [-0.05, 0) is 29.5 Å². The van der Waals surface area contributed by atoms with Crippen LogP contribution in [0, 0.1) is 0 Å². The Labute approximate surface area is 164 Å². The lowest BCUT2D eigenvalue weighted by atomic mass is 9.98. The summed E-state index contributed by atoms with van der Waals surface area (Å²) in [5.41, 5.74) is 2.93. The Morgan fingerprint density at radius 3 is 2.67 bits per heavy atom. The average molecular weight is 393 g/mol. The minimum absolute atomic E-state index is 0. The van der Waals surface area contributed by atoms with Crippen LogP contribution in [0.5, 0.6) is 0 Å². The molecule has 4 amide bonds. The van der Waals surface area contributed by atoms with E-state index in [2.05, 4.69) is 28.1 Å². The summed E-state index contributed by atoms with van der Waals surface area (Å²) in [7, 11) is 0. The van der Waals surface area contributed by atoms with E-state index < -0.39 is 5.54 Å². The first-order valence-electron chi connectivity index (χ1n) is 9.30. The molecule has 1 aromatic carbocycles. The van der Waals surface area contributed by atoms with E-state index in [0.29, 0.717) is 19.4 Å². The molecule has 7 nitrogen and oxygen atoms in total. The van der Waals surface area contributed by atoms with E-state index in [0.717, 1.165) is 31.5 Å². The van der Waals surface area contributed by atoms with Crippen molar-refractivity contribution in [2.45, 2.75) is 57.3 Å². The summed E-state index contributed by atoms with van der Waals surface area (Å²) in [5.74, 6) is -0.324. The molecule has 1 saturated heterocycles. The number of carbonyl (C=O) groups excluding carboxylic acids is 3. The van der Waals surface area contributed by atoms with E-state index >= 15 is 0 Å². The zero-order chi connectivity index (χ0) is 18.1. The van der Waals surface area contributed by atoms with Gasteiger partial charge in [0.1, 0.15) is 5.54 Å². The Morgan fingerprint density at radius 1 is 1.15 bits per heavy atom. The molecule has 3 aliphatic rings. The second-order valence-electron chi connectivity index (χ2n) is 7.41. The van der Waals surface area contributed by atoms with Crippen LogP contribution in [-0.2, 0) is 29.2 Å². The zero-order valence-electron chi connectivity index (χ0n) is 15.2. The molecule has 0 radical (unpaired) electrons. The highest BCUT2D eigenvalue weighted by Crippen LogP contribution is 2.35. The average Bonchev–Trinajstić information content (AvgIpc) is 3.33. The van der Waals surface area contributed by atoms with Crippen LogP contribution in [0.15, 0.2) is 18.2 Å². The Morgan fingerprint density at radius 2 is 1.89 bits per heavy atom. The lowest BCUT2D eigenvalue weighted by Crippen LogP contribution is -2.44. The molecule has 2 aliphatic heterocycles. The number of urea groups is 1. The standard InChI is InChI=1S/C19H24N4O3.ClH/c24-16(21-10-13-3-4-14-11-20-12-15(14)9-13)5-8-23-17(25)19(22-18(23)26)6-1-2-7-19;/h3-4,9,20H,1-2,5-8,10-12H2,(H,21,24)(H,22,26);1H. The fourth-order valence-electron chi connectivity index (χ4n) is 4.16. The lowest BCUT2D eigenvalue weighted by molar-refractivity contribution is -0.131. The van der Waals surface area contributed by atoms with Gasteiger partial charge < -0.3 is 16.0 Å².